The van der Waals surface area contributed by atoms with Gasteiger partial charge in [-0.1, -0.05) is 83.2 Å². The Morgan fingerprint density at radius 1 is 0.927 bits per heavy atom. The highest BCUT2D eigenvalue weighted by atomic mass is 35.5. The van der Waals surface area contributed by atoms with E-state index < -0.39 is 34.4 Å². The number of carbonyl (C=O) groups is 2. The van der Waals surface area contributed by atoms with Crippen molar-refractivity contribution in [2.45, 2.75) is 57.6 Å². The van der Waals surface area contributed by atoms with E-state index in [0.29, 0.717) is 22.0 Å². The minimum absolute atomic E-state index is 0.0225. The molecule has 1 N–H and O–H groups in total. The molecule has 0 aromatic heterocycles. The molecule has 3 aromatic rings. The molecule has 41 heavy (non-hydrogen) atoms. The summed E-state index contributed by atoms with van der Waals surface area (Å²) in [5.74, 6) is -1.05. The number of aryl methyl sites for hydroxylation is 1. The van der Waals surface area contributed by atoms with E-state index in [1.165, 1.54) is 35.2 Å². The number of benzene rings is 3. The summed E-state index contributed by atoms with van der Waals surface area (Å²) in [6.45, 7) is 6.44. The van der Waals surface area contributed by atoms with Gasteiger partial charge in [0.15, 0.2) is 0 Å². The van der Waals surface area contributed by atoms with Crippen molar-refractivity contribution < 1.29 is 18.0 Å². The molecule has 0 aliphatic rings. The molecule has 0 aliphatic heterocycles. The highest BCUT2D eigenvalue weighted by molar-refractivity contribution is 7.92. The summed E-state index contributed by atoms with van der Waals surface area (Å²) in [6, 6.07) is 14.4. The first-order valence-electron chi connectivity index (χ1n) is 12.8. The van der Waals surface area contributed by atoms with Crippen molar-refractivity contribution in [1.29, 1.82) is 0 Å². The van der Waals surface area contributed by atoms with Gasteiger partial charge in [-0.15, -0.1) is 0 Å². The fourth-order valence-corrected chi connectivity index (χ4v) is 6.26. The van der Waals surface area contributed by atoms with Gasteiger partial charge in [0.1, 0.15) is 12.6 Å². The smallest absolute Gasteiger partial charge is 0.264 e. The Hall–Kier alpha value is -2.49. The fourth-order valence-electron chi connectivity index (χ4n) is 3.92. The third-order valence-electron chi connectivity index (χ3n) is 6.61. The zero-order valence-corrected chi connectivity index (χ0v) is 26.8. The fraction of sp³-hybridized carbons (Fsp3) is 0.310. The average molecular weight is 659 g/mol. The molecule has 2 amide bonds. The van der Waals surface area contributed by atoms with Gasteiger partial charge >= 0.3 is 0 Å². The monoisotopic (exact) mass is 657 g/mol. The van der Waals surface area contributed by atoms with Crippen LogP contribution in [0.25, 0.3) is 0 Å². The van der Waals surface area contributed by atoms with Gasteiger partial charge in [-0.25, -0.2) is 8.42 Å². The number of halogens is 4. The minimum atomic E-state index is -4.30. The lowest BCUT2D eigenvalue weighted by molar-refractivity contribution is -0.139. The zero-order chi connectivity index (χ0) is 30.5. The van der Waals surface area contributed by atoms with Gasteiger partial charge in [-0.05, 0) is 69.2 Å². The number of sulfonamides is 1. The second-order valence-electron chi connectivity index (χ2n) is 9.65. The lowest BCUT2D eigenvalue weighted by Gasteiger charge is -2.33. The molecule has 0 aliphatic carbocycles. The van der Waals surface area contributed by atoms with Gasteiger partial charge < -0.3 is 10.2 Å². The van der Waals surface area contributed by atoms with Crippen molar-refractivity contribution >= 4 is 73.9 Å². The second kappa shape index (κ2) is 14.1. The molecule has 7 nitrogen and oxygen atoms in total. The Kier molecular flexibility index (Phi) is 11.4. The van der Waals surface area contributed by atoms with Crippen LogP contribution in [0.2, 0.25) is 20.1 Å². The van der Waals surface area contributed by atoms with Crippen LogP contribution in [-0.4, -0.2) is 43.8 Å². The van der Waals surface area contributed by atoms with Crippen LogP contribution in [0.5, 0.6) is 0 Å². The molecule has 3 aromatic carbocycles. The molecule has 12 heteroatoms. The number of hydrogen-bond acceptors (Lipinski definition) is 4. The summed E-state index contributed by atoms with van der Waals surface area (Å²) in [4.78, 5) is 28.4. The van der Waals surface area contributed by atoms with Gasteiger partial charge in [-0.3, -0.25) is 13.9 Å². The third kappa shape index (κ3) is 8.08. The number of nitrogens with one attached hydrogen (secondary N) is 1. The van der Waals surface area contributed by atoms with Crippen molar-refractivity contribution in [3.8, 4) is 0 Å². The Labute approximate surface area is 261 Å². The number of hydrogen-bond donors (Lipinski definition) is 1. The molecule has 2 atom stereocenters. The standard InChI is InChI=1S/C29H31Cl4N3O4S/c1-5-19(3)34-29(38)20(4)35(16-21-11-12-22(30)15-25(21)32)27(37)17-36(26-8-6-7-24(31)28(26)33)41(39,40)23-13-9-18(2)10-14-23/h6-15,19-20H,5,16-17H2,1-4H3,(H,34,38)/t19-,20+/m0/s1. The molecule has 0 bridgehead atoms. The summed E-state index contributed by atoms with van der Waals surface area (Å²) in [5.41, 5.74) is 1.41. The maximum atomic E-state index is 14.0. The van der Waals surface area contributed by atoms with E-state index in [-0.39, 0.29) is 33.2 Å². The highest BCUT2D eigenvalue weighted by Gasteiger charge is 2.34. The van der Waals surface area contributed by atoms with Crippen molar-refractivity contribution in [3.63, 3.8) is 0 Å². The molecule has 0 radical (unpaired) electrons. The zero-order valence-electron chi connectivity index (χ0n) is 23.0. The number of rotatable bonds is 11. The SMILES string of the molecule is CC[C@H](C)NC(=O)[C@@H](C)N(Cc1ccc(Cl)cc1Cl)C(=O)CN(c1cccc(Cl)c1Cl)S(=O)(=O)c1ccc(C)cc1. The van der Waals surface area contributed by atoms with Crippen LogP contribution in [0.3, 0.4) is 0 Å². The molecule has 0 saturated heterocycles. The first-order chi connectivity index (χ1) is 19.3. The number of nitrogens with zero attached hydrogens (tertiary/aromatic N) is 2. The summed E-state index contributed by atoms with van der Waals surface area (Å²) in [7, 11) is -4.30. The van der Waals surface area contributed by atoms with Gasteiger partial charge in [0, 0.05) is 22.6 Å². The van der Waals surface area contributed by atoms with Gasteiger partial charge in [0.2, 0.25) is 11.8 Å². The highest BCUT2D eigenvalue weighted by Crippen LogP contribution is 2.36. The Morgan fingerprint density at radius 2 is 1.59 bits per heavy atom. The van der Waals surface area contributed by atoms with Crippen LogP contribution in [-0.2, 0) is 26.2 Å². The minimum Gasteiger partial charge on any atom is -0.352 e. The van der Waals surface area contributed by atoms with E-state index in [0.717, 1.165) is 9.87 Å². The molecule has 0 spiro atoms. The van der Waals surface area contributed by atoms with Crippen molar-refractivity contribution in [1.82, 2.24) is 10.2 Å². The van der Waals surface area contributed by atoms with E-state index >= 15 is 0 Å². The van der Waals surface area contributed by atoms with Crippen LogP contribution in [0, 0.1) is 6.92 Å². The lowest BCUT2D eigenvalue weighted by Crippen LogP contribution is -2.52. The van der Waals surface area contributed by atoms with Crippen LogP contribution in [0.1, 0.15) is 38.3 Å². The van der Waals surface area contributed by atoms with Crippen LogP contribution >= 0.6 is 46.4 Å². The molecule has 0 saturated carbocycles. The molecular weight excluding hydrogens is 628 g/mol. The molecule has 0 unspecified atom stereocenters. The average Bonchev–Trinajstić information content (AvgIpc) is 2.92. The normalized spacial score (nSPS) is 12.9. The first kappa shape index (κ1) is 33.0. The van der Waals surface area contributed by atoms with E-state index in [2.05, 4.69) is 5.32 Å². The number of carbonyl (C=O) groups excluding carboxylic acids is 2. The van der Waals surface area contributed by atoms with Crippen LogP contribution < -0.4 is 9.62 Å². The summed E-state index contributed by atoms with van der Waals surface area (Å²) in [5, 5.41) is 3.67. The molecular formula is C29H31Cl4N3O4S. The quantitative estimate of drug-likeness (QED) is 0.237. The van der Waals surface area contributed by atoms with Crippen molar-refractivity contribution in [3.05, 3.63) is 91.9 Å². The third-order valence-corrected chi connectivity index (χ3v) is 9.78. The Balaban J connectivity index is 2.09. The summed E-state index contributed by atoms with van der Waals surface area (Å²) in [6.07, 6.45) is 0.686. The molecule has 0 heterocycles. The number of amides is 2. The van der Waals surface area contributed by atoms with Crippen molar-refractivity contribution in [2.75, 3.05) is 10.8 Å². The maximum Gasteiger partial charge on any atom is 0.264 e. The Bertz CT molecular complexity index is 1520. The van der Waals surface area contributed by atoms with Gasteiger partial charge in [0.25, 0.3) is 10.0 Å². The topological polar surface area (TPSA) is 86.8 Å². The van der Waals surface area contributed by atoms with E-state index in [9.17, 15) is 18.0 Å². The largest absolute Gasteiger partial charge is 0.352 e. The maximum absolute atomic E-state index is 14.0. The van der Waals surface area contributed by atoms with Gasteiger partial charge in [0.05, 0.1) is 20.6 Å². The first-order valence-corrected chi connectivity index (χ1v) is 15.8. The van der Waals surface area contributed by atoms with Crippen molar-refractivity contribution in [2.24, 2.45) is 0 Å². The van der Waals surface area contributed by atoms with Gasteiger partial charge in [-0.2, -0.15) is 0 Å². The lowest BCUT2D eigenvalue weighted by atomic mass is 10.1. The molecule has 3 rings (SSSR count). The van der Waals surface area contributed by atoms with E-state index in [1.54, 1.807) is 37.3 Å². The Morgan fingerprint density at radius 3 is 2.20 bits per heavy atom. The van der Waals surface area contributed by atoms with Crippen LogP contribution in [0.15, 0.2) is 65.6 Å². The molecule has 0 fully saturated rings. The summed E-state index contributed by atoms with van der Waals surface area (Å²) >= 11 is 25.2. The van der Waals surface area contributed by atoms with E-state index in [4.69, 9.17) is 46.4 Å². The molecule has 220 valence electrons. The van der Waals surface area contributed by atoms with E-state index in [1.807, 2.05) is 20.8 Å². The second-order valence-corrected chi connectivity index (χ2v) is 13.1. The predicted molar refractivity (Wildman–Crippen MR) is 167 cm³/mol. The summed E-state index contributed by atoms with van der Waals surface area (Å²) < 4.78 is 28.8. The number of anilines is 1. The van der Waals surface area contributed by atoms with Crippen LogP contribution in [0.4, 0.5) is 5.69 Å². The predicted octanol–water partition coefficient (Wildman–Crippen LogP) is 7.14.